The van der Waals surface area contributed by atoms with Gasteiger partial charge in [0.1, 0.15) is 6.54 Å². The van der Waals surface area contributed by atoms with Crippen LogP contribution in [0.1, 0.15) is 10.4 Å². The van der Waals surface area contributed by atoms with E-state index >= 15 is 0 Å². The molecule has 2 amide bonds. The molecule has 6 nitrogen and oxygen atoms in total. The number of hydrogen-bond donors (Lipinski definition) is 3. The van der Waals surface area contributed by atoms with Gasteiger partial charge in [0.2, 0.25) is 5.91 Å². The summed E-state index contributed by atoms with van der Waals surface area (Å²) >= 11 is 7.80. The first-order valence-electron chi connectivity index (χ1n) is 4.61. The van der Waals surface area contributed by atoms with Crippen LogP contribution in [0.4, 0.5) is 0 Å². The number of carbonyl (C=O) groups is 3. The van der Waals surface area contributed by atoms with Crippen LogP contribution in [0.2, 0.25) is 0 Å². The summed E-state index contributed by atoms with van der Waals surface area (Å²) in [4.78, 5) is 33.0. The van der Waals surface area contributed by atoms with E-state index in [-0.39, 0.29) is 6.54 Å². The maximum absolute atomic E-state index is 11.7. The molecule has 1 aromatic rings. The fraction of sp³-hybridized carbons (Fsp3) is 0.222. The van der Waals surface area contributed by atoms with Gasteiger partial charge in [-0.3, -0.25) is 14.4 Å². The van der Waals surface area contributed by atoms with E-state index < -0.39 is 24.3 Å². The van der Waals surface area contributed by atoms with Crippen LogP contribution in [0, 0.1) is 0 Å². The summed E-state index contributed by atoms with van der Waals surface area (Å²) < 4.78 is 1.44. The molecule has 0 radical (unpaired) electrons. The molecule has 0 aliphatic rings. The molecule has 9 heteroatoms. The molecule has 0 saturated carbocycles. The first-order valence-corrected chi connectivity index (χ1v) is 7.02. The van der Waals surface area contributed by atoms with E-state index in [9.17, 15) is 14.4 Å². The van der Waals surface area contributed by atoms with E-state index in [0.29, 0.717) is 9.35 Å². The Hall–Kier alpha value is -0.930. The third-order valence-electron chi connectivity index (χ3n) is 1.75. The summed E-state index contributed by atoms with van der Waals surface area (Å²) in [5, 5.41) is 12.9. The molecule has 1 aromatic heterocycles. The minimum Gasteiger partial charge on any atom is -0.480 e. The first kappa shape index (κ1) is 15.1. The Kier molecular flexibility index (Phi) is 5.76. The van der Waals surface area contributed by atoms with Gasteiger partial charge < -0.3 is 15.7 Å². The smallest absolute Gasteiger partial charge is 0.322 e. The van der Waals surface area contributed by atoms with Gasteiger partial charge in [0.25, 0.3) is 5.91 Å². The lowest BCUT2D eigenvalue weighted by Crippen LogP contribution is -2.38. The van der Waals surface area contributed by atoms with E-state index in [0.717, 1.165) is 3.79 Å². The second kappa shape index (κ2) is 6.86. The van der Waals surface area contributed by atoms with Crippen LogP contribution in [0.25, 0.3) is 0 Å². The standard InChI is InChI=1S/C9H8Br2N2O4S/c10-5-1-4(8(11)18-5)9(17)13-2-6(14)12-3-7(15)16/h1H,2-3H2,(H,12,14)(H,13,17)(H,15,16). The zero-order valence-electron chi connectivity index (χ0n) is 8.83. The Morgan fingerprint density at radius 3 is 2.39 bits per heavy atom. The fourth-order valence-electron chi connectivity index (χ4n) is 0.988. The molecule has 0 atom stereocenters. The Morgan fingerprint density at radius 1 is 1.22 bits per heavy atom. The number of thiophene rings is 1. The molecule has 0 saturated heterocycles. The molecule has 18 heavy (non-hydrogen) atoms. The molecular formula is C9H8Br2N2O4S. The fourth-order valence-corrected chi connectivity index (χ4v) is 3.78. The molecule has 0 fully saturated rings. The van der Waals surface area contributed by atoms with Gasteiger partial charge in [0.05, 0.1) is 19.7 Å². The number of carbonyl (C=O) groups excluding carboxylic acids is 2. The topological polar surface area (TPSA) is 95.5 Å². The molecule has 3 N–H and O–H groups in total. The van der Waals surface area contributed by atoms with Crippen LogP contribution in [0.3, 0.4) is 0 Å². The summed E-state index contributed by atoms with van der Waals surface area (Å²) in [6.45, 7) is -0.742. The van der Waals surface area contributed by atoms with Crippen LogP contribution in [0.5, 0.6) is 0 Å². The maximum Gasteiger partial charge on any atom is 0.322 e. The second-order valence-corrected chi connectivity index (χ2v) is 6.84. The number of carboxylic acid groups (broad SMARTS) is 1. The van der Waals surface area contributed by atoms with Gasteiger partial charge in [-0.2, -0.15) is 0 Å². The largest absolute Gasteiger partial charge is 0.480 e. The highest BCUT2D eigenvalue weighted by Crippen LogP contribution is 2.31. The normalized spacial score (nSPS) is 9.89. The monoisotopic (exact) mass is 398 g/mol. The van der Waals surface area contributed by atoms with E-state index in [2.05, 4.69) is 42.5 Å². The van der Waals surface area contributed by atoms with Crippen molar-refractivity contribution in [1.29, 1.82) is 0 Å². The Balaban J connectivity index is 2.44. The number of nitrogens with one attached hydrogen (secondary N) is 2. The van der Waals surface area contributed by atoms with Crippen LogP contribution in [0.15, 0.2) is 13.6 Å². The lowest BCUT2D eigenvalue weighted by molar-refractivity contribution is -0.137. The molecule has 1 heterocycles. The highest BCUT2D eigenvalue weighted by molar-refractivity contribution is 9.12. The molecule has 0 spiro atoms. The molecule has 0 aliphatic heterocycles. The number of hydrogen-bond acceptors (Lipinski definition) is 4. The molecule has 0 aliphatic carbocycles. The SMILES string of the molecule is O=C(O)CNC(=O)CNC(=O)c1cc(Br)sc1Br. The van der Waals surface area contributed by atoms with Crippen LogP contribution >= 0.6 is 43.2 Å². The second-order valence-electron chi connectivity index (χ2n) is 3.09. The predicted octanol–water partition coefficient (Wildman–Crippen LogP) is 1.20. The molecule has 0 aromatic carbocycles. The quantitative estimate of drug-likeness (QED) is 0.693. The van der Waals surface area contributed by atoms with Gasteiger partial charge in [0.15, 0.2) is 0 Å². The van der Waals surface area contributed by atoms with E-state index in [1.807, 2.05) is 0 Å². The van der Waals surface area contributed by atoms with Crippen molar-refractivity contribution in [2.75, 3.05) is 13.1 Å². The molecule has 98 valence electrons. The summed E-state index contributed by atoms with van der Waals surface area (Å²) in [7, 11) is 0. The maximum atomic E-state index is 11.7. The van der Waals surface area contributed by atoms with E-state index in [1.165, 1.54) is 11.3 Å². The summed E-state index contributed by atoms with van der Waals surface area (Å²) in [5.41, 5.74) is 0.415. The average molecular weight is 400 g/mol. The van der Waals surface area contributed by atoms with Crippen LogP contribution in [-0.2, 0) is 9.59 Å². The third kappa shape index (κ3) is 4.75. The van der Waals surface area contributed by atoms with Gasteiger partial charge >= 0.3 is 5.97 Å². The lowest BCUT2D eigenvalue weighted by atomic mass is 10.3. The predicted molar refractivity (Wildman–Crippen MR) is 72.7 cm³/mol. The Morgan fingerprint density at radius 2 is 1.89 bits per heavy atom. The zero-order valence-corrected chi connectivity index (χ0v) is 12.8. The van der Waals surface area contributed by atoms with Gasteiger partial charge in [-0.25, -0.2) is 0 Å². The van der Waals surface area contributed by atoms with E-state index in [4.69, 9.17) is 5.11 Å². The van der Waals surface area contributed by atoms with Crippen molar-refractivity contribution < 1.29 is 19.5 Å². The molecule has 0 unspecified atom stereocenters. The van der Waals surface area contributed by atoms with Crippen LogP contribution < -0.4 is 10.6 Å². The molecule has 1 rings (SSSR count). The van der Waals surface area contributed by atoms with Crippen molar-refractivity contribution in [3.05, 3.63) is 19.2 Å². The van der Waals surface area contributed by atoms with Crippen molar-refractivity contribution in [2.24, 2.45) is 0 Å². The number of carboxylic acids is 1. The molecule has 0 bridgehead atoms. The lowest BCUT2D eigenvalue weighted by Gasteiger charge is -2.04. The Bertz CT molecular complexity index is 489. The van der Waals surface area contributed by atoms with Crippen molar-refractivity contribution in [1.82, 2.24) is 10.6 Å². The first-order chi connectivity index (χ1) is 8.40. The minimum atomic E-state index is -1.14. The van der Waals surface area contributed by atoms with E-state index in [1.54, 1.807) is 6.07 Å². The van der Waals surface area contributed by atoms with Gasteiger partial charge in [-0.15, -0.1) is 11.3 Å². The van der Waals surface area contributed by atoms with Gasteiger partial charge in [-0.05, 0) is 37.9 Å². The number of halogens is 2. The highest BCUT2D eigenvalue weighted by Gasteiger charge is 2.14. The van der Waals surface area contributed by atoms with Crippen molar-refractivity contribution >= 4 is 61.0 Å². The summed E-state index contributed by atoms with van der Waals surface area (Å²) in [5.74, 6) is -2.11. The zero-order chi connectivity index (χ0) is 13.7. The van der Waals surface area contributed by atoms with Crippen LogP contribution in [-0.4, -0.2) is 36.0 Å². The van der Waals surface area contributed by atoms with Crippen molar-refractivity contribution in [3.8, 4) is 0 Å². The summed E-state index contributed by atoms with van der Waals surface area (Å²) in [6, 6.07) is 1.62. The number of aliphatic carboxylic acids is 1. The number of amides is 2. The van der Waals surface area contributed by atoms with Gasteiger partial charge in [0, 0.05) is 0 Å². The molecular weight excluding hydrogens is 392 g/mol. The highest BCUT2D eigenvalue weighted by atomic mass is 79.9. The van der Waals surface area contributed by atoms with Crippen molar-refractivity contribution in [3.63, 3.8) is 0 Å². The van der Waals surface area contributed by atoms with Crippen molar-refractivity contribution in [2.45, 2.75) is 0 Å². The summed E-state index contributed by atoms with van der Waals surface area (Å²) in [6.07, 6.45) is 0. The average Bonchev–Trinajstić information content (AvgIpc) is 2.62. The number of rotatable bonds is 5. The minimum absolute atomic E-state index is 0.272. The van der Waals surface area contributed by atoms with Gasteiger partial charge in [-0.1, -0.05) is 0 Å². The third-order valence-corrected chi connectivity index (χ3v) is 4.09. The Labute approximate surface area is 123 Å².